The highest BCUT2D eigenvalue weighted by Crippen LogP contribution is 2.47. The van der Waals surface area contributed by atoms with E-state index in [1.54, 1.807) is 12.1 Å². The maximum atomic E-state index is 13.3. The van der Waals surface area contributed by atoms with E-state index in [-0.39, 0.29) is 17.7 Å². The smallest absolute Gasteiger partial charge is 0.278 e. The molecule has 0 fully saturated rings. The number of hydrogen-bond acceptors (Lipinski definition) is 2. The number of phenols is 1. The van der Waals surface area contributed by atoms with E-state index in [4.69, 9.17) is 0 Å². The fourth-order valence-corrected chi connectivity index (χ4v) is 2.57. The summed E-state index contributed by atoms with van der Waals surface area (Å²) in [6.45, 7) is 0. The number of aromatic hydroxyl groups is 1. The van der Waals surface area contributed by atoms with Gasteiger partial charge >= 0.3 is 0 Å². The van der Waals surface area contributed by atoms with E-state index in [1.807, 2.05) is 0 Å². The topological polar surface area (TPSA) is 20.2 Å². The maximum absolute atomic E-state index is 13.3. The van der Waals surface area contributed by atoms with Gasteiger partial charge in [0, 0.05) is 17.1 Å². The van der Waals surface area contributed by atoms with Crippen molar-refractivity contribution in [3.63, 3.8) is 0 Å². The van der Waals surface area contributed by atoms with Crippen LogP contribution in [0.3, 0.4) is 0 Å². The third kappa shape index (κ3) is 1.39. The van der Waals surface area contributed by atoms with Gasteiger partial charge in [0.05, 0.1) is 5.56 Å². The zero-order chi connectivity index (χ0) is 9.47. The molecule has 1 N–H and O–H groups in total. The first kappa shape index (κ1) is 8.81. The summed E-state index contributed by atoms with van der Waals surface area (Å²) in [4.78, 5) is 0.497. The standard InChI is InChI=1S/C9H8F2OS/c10-9(11)4-5-13-7-3-1-2-6(12)8(7)9/h1-3,12H,4-5H2. The lowest BCUT2D eigenvalue weighted by atomic mass is 10.0. The first-order valence-electron chi connectivity index (χ1n) is 3.94. The van der Waals surface area contributed by atoms with Gasteiger partial charge in [-0.05, 0) is 12.1 Å². The van der Waals surface area contributed by atoms with Crippen molar-refractivity contribution in [1.82, 2.24) is 0 Å². The summed E-state index contributed by atoms with van der Waals surface area (Å²) in [5.41, 5.74) is -0.203. The van der Waals surface area contributed by atoms with Gasteiger partial charge in [0.25, 0.3) is 5.92 Å². The van der Waals surface area contributed by atoms with Gasteiger partial charge < -0.3 is 5.11 Å². The number of phenolic OH excluding ortho intramolecular Hbond substituents is 1. The molecule has 0 atom stereocenters. The molecule has 0 spiro atoms. The Kier molecular flexibility index (Phi) is 1.95. The SMILES string of the molecule is Oc1cccc2c1C(F)(F)CCS2. The molecule has 0 unspecified atom stereocenters. The fraction of sp³-hybridized carbons (Fsp3) is 0.333. The van der Waals surface area contributed by atoms with Gasteiger partial charge in [-0.2, -0.15) is 0 Å². The van der Waals surface area contributed by atoms with E-state index in [9.17, 15) is 13.9 Å². The van der Waals surface area contributed by atoms with E-state index in [1.165, 1.54) is 17.8 Å². The molecule has 1 aliphatic heterocycles. The third-order valence-corrected chi connectivity index (χ3v) is 3.10. The van der Waals surface area contributed by atoms with Crippen LogP contribution in [0.2, 0.25) is 0 Å². The molecule has 0 saturated carbocycles. The summed E-state index contributed by atoms with van der Waals surface area (Å²) in [6.07, 6.45) is -0.192. The Bertz CT molecular complexity index is 338. The molecular weight excluding hydrogens is 194 g/mol. The molecule has 1 nitrogen and oxygen atoms in total. The van der Waals surface area contributed by atoms with Crippen LogP contribution in [0.1, 0.15) is 12.0 Å². The molecule has 13 heavy (non-hydrogen) atoms. The number of rotatable bonds is 0. The highest BCUT2D eigenvalue weighted by Gasteiger charge is 2.39. The van der Waals surface area contributed by atoms with Crippen LogP contribution in [0.15, 0.2) is 23.1 Å². The Morgan fingerprint density at radius 1 is 1.38 bits per heavy atom. The van der Waals surface area contributed by atoms with Crippen LogP contribution < -0.4 is 0 Å². The predicted molar refractivity (Wildman–Crippen MR) is 47.3 cm³/mol. The minimum atomic E-state index is -2.87. The Morgan fingerprint density at radius 3 is 2.85 bits per heavy atom. The van der Waals surface area contributed by atoms with Crippen LogP contribution in [0.5, 0.6) is 5.75 Å². The summed E-state index contributed by atoms with van der Waals surface area (Å²) in [5, 5.41) is 9.30. The zero-order valence-corrected chi connectivity index (χ0v) is 7.57. The Hall–Kier alpha value is -0.770. The first-order valence-corrected chi connectivity index (χ1v) is 4.93. The van der Waals surface area contributed by atoms with E-state index in [0.717, 1.165) is 0 Å². The summed E-state index contributed by atoms with van der Waals surface area (Å²) in [5.74, 6) is -2.76. The Morgan fingerprint density at radius 2 is 2.15 bits per heavy atom. The second-order valence-electron chi connectivity index (χ2n) is 2.95. The molecule has 4 heteroatoms. The minimum absolute atomic E-state index is 0.192. The van der Waals surface area contributed by atoms with Gasteiger partial charge in [-0.3, -0.25) is 0 Å². The fourth-order valence-electron chi connectivity index (χ4n) is 1.42. The van der Waals surface area contributed by atoms with E-state index >= 15 is 0 Å². The van der Waals surface area contributed by atoms with Crippen molar-refractivity contribution in [3.8, 4) is 5.75 Å². The van der Waals surface area contributed by atoms with Crippen molar-refractivity contribution < 1.29 is 13.9 Å². The van der Waals surface area contributed by atoms with Crippen molar-refractivity contribution in [3.05, 3.63) is 23.8 Å². The zero-order valence-electron chi connectivity index (χ0n) is 6.76. The minimum Gasteiger partial charge on any atom is -0.507 e. The van der Waals surface area contributed by atoms with Gasteiger partial charge in [-0.25, -0.2) is 8.78 Å². The van der Waals surface area contributed by atoms with E-state index in [2.05, 4.69) is 0 Å². The van der Waals surface area contributed by atoms with Gasteiger partial charge in [0.2, 0.25) is 0 Å². The summed E-state index contributed by atoms with van der Waals surface area (Å²) in [7, 11) is 0. The lowest BCUT2D eigenvalue weighted by Crippen LogP contribution is -2.19. The average molecular weight is 202 g/mol. The van der Waals surface area contributed by atoms with Crippen LogP contribution in [0, 0.1) is 0 Å². The summed E-state index contributed by atoms with van der Waals surface area (Å²) < 4.78 is 26.6. The van der Waals surface area contributed by atoms with Crippen molar-refractivity contribution >= 4 is 11.8 Å². The molecule has 2 rings (SSSR count). The van der Waals surface area contributed by atoms with E-state index in [0.29, 0.717) is 10.6 Å². The van der Waals surface area contributed by atoms with Crippen molar-refractivity contribution in [1.29, 1.82) is 0 Å². The average Bonchev–Trinajstić information content (AvgIpc) is 2.02. The monoisotopic (exact) mass is 202 g/mol. The van der Waals surface area contributed by atoms with E-state index < -0.39 is 5.92 Å². The highest BCUT2D eigenvalue weighted by atomic mass is 32.2. The van der Waals surface area contributed by atoms with Crippen LogP contribution >= 0.6 is 11.8 Å². The molecule has 0 aromatic heterocycles. The maximum Gasteiger partial charge on any atom is 0.278 e. The quantitative estimate of drug-likeness (QED) is 0.698. The third-order valence-electron chi connectivity index (χ3n) is 2.04. The van der Waals surface area contributed by atoms with Crippen molar-refractivity contribution in [2.45, 2.75) is 17.2 Å². The molecule has 1 aromatic rings. The normalized spacial score (nSPS) is 19.5. The molecule has 0 bridgehead atoms. The molecule has 0 radical (unpaired) electrons. The summed E-state index contributed by atoms with van der Waals surface area (Å²) in [6, 6.07) is 4.51. The van der Waals surface area contributed by atoms with Gasteiger partial charge in [-0.1, -0.05) is 6.07 Å². The largest absolute Gasteiger partial charge is 0.507 e. The van der Waals surface area contributed by atoms with Gasteiger partial charge in [0.15, 0.2) is 0 Å². The van der Waals surface area contributed by atoms with Crippen LogP contribution in [0.4, 0.5) is 8.78 Å². The second kappa shape index (κ2) is 2.87. The molecule has 1 aliphatic rings. The second-order valence-corrected chi connectivity index (χ2v) is 4.09. The summed E-state index contributed by atoms with van der Waals surface area (Å²) >= 11 is 1.37. The molecule has 1 aromatic carbocycles. The van der Waals surface area contributed by atoms with Crippen molar-refractivity contribution in [2.24, 2.45) is 0 Å². The molecule has 70 valence electrons. The highest BCUT2D eigenvalue weighted by molar-refractivity contribution is 7.99. The Labute approximate surface area is 78.8 Å². The van der Waals surface area contributed by atoms with Crippen LogP contribution in [-0.4, -0.2) is 10.9 Å². The molecule has 1 heterocycles. The predicted octanol–water partition coefficient (Wildman–Crippen LogP) is 2.98. The molecular formula is C9H8F2OS. The number of alkyl halides is 2. The molecule has 0 amide bonds. The first-order chi connectivity index (χ1) is 6.11. The molecule has 0 saturated heterocycles. The van der Waals surface area contributed by atoms with Crippen LogP contribution in [-0.2, 0) is 5.92 Å². The number of thioether (sulfide) groups is 1. The molecule has 0 aliphatic carbocycles. The number of hydrogen-bond donors (Lipinski definition) is 1. The van der Waals surface area contributed by atoms with Crippen molar-refractivity contribution in [2.75, 3.05) is 5.75 Å². The Balaban J connectivity index is 2.61. The number of fused-ring (bicyclic) bond motifs is 1. The number of halogens is 2. The van der Waals surface area contributed by atoms with Gasteiger partial charge in [-0.15, -0.1) is 11.8 Å². The van der Waals surface area contributed by atoms with Gasteiger partial charge in [0.1, 0.15) is 5.75 Å². The lowest BCUT2D eigenvalue weighted by molar-refractivity contribution is -0.0137. The number of benzene rings is 1. The van der Waals surface area contributed by atoms with Crippen LogP contribution in [0.25, 0.3) is 0 Å². The lowest BCUT2D eigenvalue weighted by Gasteiger charge is -2.25.